The Kier molecular flexibility index (Phi) is 6.30. The van der Waals surface area contributed by atoms with Crippen LogP contribution in [0.25, 0.3) is 0 Å². The SMILES string of the molecule is CCNC(=NCC(C)(O)c1ccc(C)o1)NCCOc1ccc2c(c1)OCO2. The zero-order chi connectivity index (χ0) is 20.0. The normalized spacial score (nSPS) is 15.2. The Balaban J connectivity index is 1.49. The van der Waals surface area contributed by atoms with Crippen molar-refractivity contribution >= 4 is 5.96 Å². The summed E-state index contributed by atoms with van der Waals surface area (Å²) in [6, 6.07) is 9.07. The Morgan fingerprint density at radius 2 is 2.04 bits per heavy atom. The number of nitrogens with zero attached hydrogens (tertiary/aromatic N) is 1. The van der Waals surface area contributed by atoms with Crippen molar-refractivity contribution in [3.8, 4) is 17.2 Å². The predicted molar refractivity (Wildman–Crippen MR) is 105 cm³/mol. The highest BCUT2D eigenvalue weighted by atomic mass is 16.7. The number of fused-ring (bicyclic) bond motifs is 1. The van der Waals surface area contributed by atoms with Crippen molar-refractivity contribution in [2.75, 3.05) is 33.0 Å². The van der Waals surface area contributed by atoms with E-state index in [9.17, 15) is 5.11 Å². The second-order valence-electron chi connectivity index (χ2n) is 6.67. The monoisotopic (exact) mass is 389 g/mol. The van der Waals surface area contributed by atoms with E-state index < -0.39 is 5.60 Å². The first-order valence-corrected chi connectivity index (χ1v) is 9.32. The second-order valence-corrected chi connectivity index (χ2v) is 6.67. The highest BCUT2D eigenvalue weighted by Gasteiger charge is 2.26. The van der Waals surface area contributed by atoms with E-state index in [4.69, 9.17) is 18.6 Å². The molecule has 0 spiro atoms. The molecule has 0 aliphatic carbocycles. The summed E-state index contributed by atoms with van der Waals surface area (Å²) in [5.74, 6) is 3.98. The lowest BCUT2D eigenvalue weighted by atomic mass is 10.0. The van der Waals surface area contributed by atoms with E-state index >= 15 is 0 Å². The van der Waals surface area contributed by atoms with Gasteiger partial charge in [-0.3, -0.25) is 0 Å². The van der Waals surface area contributed by atoms with Gasteiger partial charge in [-0.25, -0.2) is 4.99 Å². The molecule has 3 N–H and O–H groups in total. The van der Waals surface area contributed by atoms with Crippen molar-refractivity contribution in [3.05, 3.63) is 41.9 Å². The molecule has 0 saturated heterocycles. The van der Waals surface area contributed by atoms with E-state index in [0.29, 0.717) is 42.9 Å². The molecule has 1 aliphatic rings. The maximum atomic E-state index is 10.6. The molecule has 1 unspecified atom stereocenters. The molecular weight excluding hydrogens is 362 g/mol. The zero-order valence-corrected chi connectivity index (χ0v) is 16.4. The van der Waals surface area contributed by atoms with Gasteiger partial charge < -0.3 is 34.4 Å². The zero-order valence-electron chi connectivity index (χ0n) is 16.4. The number of aliphatic hydroxyl groups is 1. The molecular formula is C20H27N3O5. The maximum absolute atomic E-state index is 10.6. The number of furan rings is 1. The number of nitrogens with one attached hydrogen (secondary N) is 2. The molecule has 1 aliphatic heterocycles. The van der Waals surface area contributed by atoms with Crippen LogP contribution in [0.15, 0.2) is 39.7 Å². The van der Waals surface area contributed by atoms with Crippen molar-refractivity contribution in [3.63, 3.8) is 0 Å². The van der Waals surface area contributed by atoms with Crippen molar-refractivity contribution in [1.29, 1.82) is 0 Å². The second kappa shape index (κ2) is 8.88. The van der Waals surface area contributed by atoms with Gasteiger partial charge in [0, 0.05) is 12.6 Å². The van der Waals surface area contributed by atoms with Crippen LogP contribution in [-0.2, 0) is 5.60 Å². The van der Waals surface area contributed by atoms with Gasteiger partial charge >= 0.3 is 0 Å². The molecule has 1 aromatic heterocycles. The van der Waals surface area contributed by atoms with Gasteiger partial charge in [0.2, 0.25) is 6.79 Å². The minimum atomic E-state index is -1.18. The van der Waals surface area contributed by atoms with E-state index in [0.717, 1.165) is 11.5 Å². The highest BCUT2D eigenvalue weighted by Crippen LogP contribution is 2.35. The third kappa shape index (κ3) is 5.10. The van der Waals surface area contributed by atoms with Crippen LogP contribution in [0, 0.1) is 6.92 Å². The molecule has 1 aromatic carbocycles. The average Bonchev–Trinajstić information content (AvgIpc) is 3.31. The molecule has 0 amide bonds. The molecule has 1 atom stereocenters. The van der Waals surface area contributed by atoms with Crippen molar-refractivity contribution < 1.29 is 23.7 Å². The molecule has 2 heterocycles. The molecule has 3 rings (SSSR count). The van der Waals surface area contributed by atoms with E-state index in [1.807, 2.05) is 38.1 Å². The first-order chi connectivity index (χ1) is 13.5. The number of ether oxygens (including phenoxy) is 3. The quantitative estimate of drug-likeness (QED) is 0.362. The molecule has 2 aromatic rings. The summed E-state index contributed by atoms with van der Waals surface area (Å²) in [6.45, 7) is 7.60. The number of hydrogen-bond acceptors (Lipinski definition) is 6. The van der Waals surface area contributed by atoms with E-state index in [1.54, 1.807) is 13.0 Å². The molecule has 0 saturated carbocycles. The van der Waals surface area contributed by atoms with Gasteiger partial charge in [0.1, 0.15) is 29.5 Å². The standard InChI is InChI=1S/C20H27N3O5/c1-4-21-19(23-12-20(3,24)18-8-5-14(2)28-18)22-9-10-25-15-6-7-16-17(11-15)27-13-26-16/h5-8,11,24H,4,9-10,12-13H2,1-3H3,(H2,21,22,23). The Morgan fingerprint density at radius 3 is 2.79 bits per heavy atom. The molecule has 0 radical (unpaired) electrons. The Hall–Kier alpha value is -2.87. The summed E-state index contributed by atoms with van der Waals surface area (Å²) < 4.78 is 21.9. The lowest BCUT2D eigenvalue weighted by Crippen LogP contribution is -2.40. The number of guanidine groups is 1. The molecule has 8 heteroatoms. The van der Waals surface area contributed by atoms with Crippen LogP contribution >= 0.6 is 0 Å². The molecule has 28 heavy (non-hydrogen) atoms. The summed E-state index contributed by atoms with van der Waals surface area (Å²) in [4.78, 5) is 4.45. The topological polar surface area (TPSA) is 97.5 Å². The van der Waals surface area contributed by atoms with Gasteiger partial charge in [-0.2, -0.15) is 0 Å². The maximum Gasteiger partial charge on any atom is 0.231 e. The van der Waals surface area contributed by atoms with Crippen LogP contribution in [0.3, 0.4) is 0 Å². The van der Waals surface area contributed by atoms with Gasteiger partial charge in [0.25, 0.3) is 0 Å². The number of aryl methyl sites for hydroxylation is 1. The molecule has 8 nitrogen and oxygen atoms in total. The van der Waals surface area contributed by atoms with Crippen LogP contribution < -0.4 is 24.8 Å². The van der Waals surface area contributed by atoms with E-state index in [2.05, 4.69) is 15.6 Å². The minimum Gasteiger partial charge on any atom is -0.492 e. The number of hydrogen-bond donors (Lipinski definition) is 3. The number of aliphatic imine (C=N–C) groups is 1. The first-order valence-electron chi connectivity index (χ1n) is 9.32. The lowest BCUT2D eigenvalue weighted by Gasteiger charge is -2.19. The third-order valence-electron chi connectivity index (χ3n) is 4.17. The summed E-state index contributed by atoms with van der Waals surface area (Å²) in [7, 11) is 0. The van der Waals surface area contributed by atoms with Gasteiger partial charge in [-0.05, 0) is 45.0 Å². The Morgan fingerprint density at radius 1 is 1.21 bits per heavy atom. The summed E-state index contributed by atoms with van der Waals surface area (Å²) in [5, 5.41) is 16.9. The van der Waals surface area contributed by atoms with Crippen molar-refractivity contribution in [2.24, 2.45) is 4.99 Å². The van der Waals surface area contributed by atoms with E-state index in [-0.39, 0.29) is 13.3 Å². The minimum absolute atomic E-state index is 0.165. The highest BCUT2D eigenvalue weighted by molar-refractivity contribution is 5.79. The summed E-state index contributed by atoms with van der Waals surface area (Å²) in [6.07, 6.45) is 0. The predicted octanol–water partition coefficient (Wildman–Crippen LogP) is 2.16. The van der Waals surface area contributed by atoms with Gasteiger partial charge in [-0.15, -0.1) is 0 Å². The van der Waals surface area contributed by atoms with Crippen LogP contribution in [0.2, 0.25) is 0 Å². The Bertz CT molecular complexity index is 816. The number of benzene rings is 1. The molecule has 152 valence electrons. The largest absolute Gasteiger partial charge is 0.492 e. The Labute approximate surface area is 164 Å². The van der Waals surface area contributed by atoms with Gasteiger partial charge in [0.05, 0.1) is 13.1 Å². The van der Waals surface area contributed by atoms with Gasteiger partial charge in [-0.1, -0.05) is 0 Å². The van der Waals surface area contributed by atoms with Crippen LogP contribution in [0.1, 0.15) is 25.4 Å². The third-order valence-corrected chi connectivity index (χ3v) is 4.17. The lowest BCUT2D eigenvalue weighted by molar-refractivity contribution is 0.0428. The average molecular weight is 389 g/mol. The van der Waals surface area contributed by atoms with E-state index in [1.165, 1.54) is 0 Å². The van der Waals surface area contributed by atoms with Crippen LogP contribution in [0.4, 0.5) is 0 Å². The summed E-state index contributed by atoms with van der Waals surface area (Å²) in [5.41, 5.74) is -1.18. The van der Waals surface area contributed by atoms with Crippen LogP contribution in [0.5, 0.6) is 17.2 Å². The van der Waals surface area contributed by atoms with Gasteiger partial charge in [0.15, 0.2) is 17.5 Å². The summed E-state index contributed by atoms with van der Waals surface area (Å²) >= 11 is 0. The molecule has 0 fully saturated rings. The fraction of sp³-hybridized carbons (Fsp3) is 0.450. The fourth-order valence-electron chi connectivity index (χ4n) is 2.68. The van der Waals surface area contributed by atoms with Crippen LogP contribution in [-0.4, -0.2) is 44.1 Å². The number of rotatable bonds is 8. The smallest absolute Gasteiger partial charge is 0.231 e. The fourth-order valence-corrected chi connectivity index (χ4v) is 2.68. The molecule has 0 bridgehead atoms. The van der Waals surface area contributed by atoms with Crippen molar-refractivity contribution in [2.45, 2.75) is 26.4 Å². The van der Waals surface area contributed by atoms with Crippen molar-refractivity contribution in [1.82, 2.24) is 10.6 Å². The first kappa shape index (κ1) is 19.9.